The lowest BCUT2D eigenvalue weighted by Gasteiger charge is -2.23. The van der Waals surface area contributed by atoms with Gasteiger partial charge in [-0.15, -0.1) is 0 Å². The van der Waals surface area contributed by atoms with E-state index in [1.165, 1.54) is 26.0 Å². The summed E-state index contributed by atoms with van der Waals surface area (Å²) >= 11 is 0. The van der Waals surface area contributed by atoms with E-state index in [4.69, 9.17) is 9.47 Å². The van der Waals surface area contributed by atoms with Gasteiger partial charge in [0.1, 0.15) is 0 Å². The first kappa shape index (κ1) is 14.9. The van der Waals surface area contributed by atoms with Crippen molar-refractivity contribution in [3.63, 3.8) is 0 Å². The molecule has 0 aliphatic rings. The molecular weight excluding hydrogens is 250 g/mol. The SMILES string of the molecule is CCOC(=O)C(C)(C)Oc1cc(C)ccc1[N+](=O)[O-]. The summed E-state index contributed by atoms with van der Waals surface area (Å²) in [5.74, 6) is -0.506. The number of aryl methyl sites for hydroxylation is 1. The van der Waals surface area contributed by atoms with E-state index >= 15 is 0 Å². The summed E-state index contributed by atoms with van der Waals surface area (Å²) in [4.78, 5) is 22.1. The van der Waals surface area contributed by atoms with Gasteiger partial charge in [0.05, 0.1) is 11.5 Å². The molecule has 0 fully saturated rings. The number of esters is 1. The van der Waals surface area contributed by atoms with Gasteiger partial charge in [-0.3, -0.25) is 10.1 Å². The maximum atomic E-state index is 11.7. The van der Waals surface area contributed by atoms with Crippen LogP contribution in [0.3, 0.4) is 0 Å². The van der Waals surface area contributed by atoms with Crippen LogP contribution >= 0.6 is 0 Å². The molecule has 0 saturated carbocycles. The molecule has 0 aromatic heterocycles. The van der Waals surface area contributed by atoms with Crippen molar-refractivity contribution in [3.05, 3.63) is 33.9 Å². The summed E-state index contributed by atoms with van der Waals surface area (Å²) in [6.07, 6.45) is 0. The average molecular weight is 267 g/mol. The molecule has 1 aromatic carbocycles. The summed E-state index contributed by atoms with van der Waals surface area (Å²) in [5, 5.41) is 10.9. The van der Waals surface area contributed by atoms with Gasteiger partial charge in [0.15, 0.2) is 5.75 Å². The minimum absolute atomic E-state index is 0.0584. The standard InChI is InChI=1S/C13H17NO5/c1-5-18-12(15)13(3,4)19-11-8-9(2)6-7-10(11)14(16)17/h6-8H,5H2,1-4H3. The van der Waals surface area contributed by atoms with Crippen LogP contribution in [0.4, 0.5) is 5.69 Å². The van der Waals surface area contributed by atoms with Gasteiger partial charge in [0, 0.05) is 6.07 Å². The van der Waals surface area contributed by atoms with Crippen LogP contribution in [-0.2, 0) is 9.53 Å². The maximum absolute atomic E-state index is 11.7. The minimum Gasteiger partial charge on any atom is -0.469 e. The van der Waals surface area contributed by atoms with Crippen molar-refractivity contribution < 1.29 is 19.2 Å². The number of nitro benzene ring substituents is 1. The monoisotopic (exact) mass is 267 g/mol. The Morgan fingerprint density at radius 2 is 2.05 bits per heavy atom. The molecule has 0 radical (unpaired) electrons. The lowest BCUT2D eigenvalue weighted by Crippen LogP contribution is -2.39. The summed E-state index contributed by atoms with van der Waals surface area (Å²) in [6.45, 7) is 6.71. The number of hydrogen-bond acceptors (Lipinski definition) is 5. The Kier molecular flexibility index (Phi) is 4.47. The number of hydrogen-bond donors (Lipinski definition) is 0. The molecule has 0 heterocycles. The van der Waals surface area contributed by atoms with E-state index in [-0.39, 0.29) is 18.0 Å². The number of carbonyl (C=O) groups excluding carboxylic acids is 1. The molecular formula is C13H17NO5. The highest BCUT2D eigenvalue weighted by molar-refractivity contribution is 5.79. The van der Waals surface area contributed by atoms with Gasteiger partial charge >= 0.3 is 11.7 Å². The highest BCUT2D eigenvalue weighted by atomic mass is 16.6. The molecule has 0 atom stereocenters. The first-order valence-corrected chi connectivity index (χ1v) is 5.89. The number of rotatable bonds is 5. The number of carbonyl (C=O) groups is 1. The zero-order valence-electron chi connectivity index (χ0n) is 11.4. The average Bonchev–Trinajstić information content (AvgIpc) is 2.28. The third kappa shape index (κ3) is 3.67. The molecule has 0 amide bonds. The zero-order valence-corrected chi connectivity index (χ0v) is 11.4. The predicted octanol–water partition coefficient (Wildman–Crippen LogP) is 2.62. The predicted molar refractivity (Wildman–Crippen MR) is 69.2 cm³/mol. The highest BCUT2D eigenvalue weighted by Gasteiger charge is 2.33. The molecule has 0 saturated heterocycles. The smallest absolute Gasteiger partial charge is 0.349 e. The Morgan fingerprint density at radius 1 is 1.42 bits per heavy atom. The van der Waals surface area contributed by atoms with Crippen LogP contribution in [0.2, 0.25) is 0 Å². The minimum atomic E-state index is -1.28. The van der Waals surface area contributed by atoms with Crippen LogP contribution in [0.1, 0.15) is 26.3 Å². The van der Waals surface area contributed by atoms with E-state index in [2.05, 4.69) is 0 Å². The van der Waals surface area contributed by atoms with E-state index in [9.17, 15) is 14.9 Å². The van der Waals surface area contributed by atoms with Crippen molar-refractivity contribution >= 4 is 11.7 Å². The Bertz CT molecular complexity index is 496. The van der Waals surface area contributed by atoms with Crippen molar-refractivity contribution in [1.29, 1.82) is 0 Å². The molecule has 0 spiro atoms. The van der Waals surface area contributed by atoms with Crippen molar-refractivity contribution in [3.8, 4) is 5.75 Å². The largest absolute Gasteiger partial charge is 0.469 e. The van der Waals surface area contributed by atoms with Gasteiger partial charge in [0.25, 0.3) is 0 Å². The quantitative estimate of drug-likeness (QED) is 0.465. The highest BCUT2D eigenvalue weighted by Crippen LogP contribution is 2.31. The van der Waals surface area contributed by atoms with E-state index in [0.29, 0.717) is 0 Å². The van der Waals surface area contributed by atoms with Crippen LogP contribution in [-0.4, -0.2) is 23.1 Å². The van der Waals surface area contributed by atoms with Gasteiger partial charge in [-0.25, -0.2) is 4.79 Å². The second-order valence-electron chi connectivity index (χ2n) is 4.56. The fraction of sp³-hybridized carbons (Fsp3) is 0.462. The third-order valence-electron chi connectivity index (χ3n) is 2.44. The topological polar surface area (TPSA) is 78.7 Å². The number of benzene rings is 1. The molecule has 1 aromatic rings. The Hall–Kier alpha value is -2.11. The molecule has 104 valence electrons. The second-order valence-corrected chi connectivity index (χ2v) is 4.56. The molecule has 0 aliphatic carbocycles. The van der Waals surface area contributed by atoms with Crippen molar-refractivity contribution in [1.82, 2.24) is 0 Å². The van der Waals surface area contributed by atoms with Crippen LogP contribution in [0, 0.1) is 17.0 Å². The van der Waals surface area contributed by atoms with Crippen LogP contribution in [0.15, 0.2) is 18.2 Å². The van der Waals surface area contributed by atoms with E-state index in [1.807, 2.05) is 0 Å². The maximum Gasteiger partial charge on any atom is 0.349 e. The summed E-state index contributed by atoms with van der Waals surface area (Å²) in [6, 6.07) is 4.49. The van der Waals surface area contributed by atoms with Gasteiger partial charge in [-0.05, 0) is 39.3 Å². The first-order valence-electron chi connectivity index (χ1n) is 5.89. The summed E-state index contributed by atoms with van der Waals surface area (Å²) in [7, 11) is 0. The number of nitro groups is 1. The fourth-order valence-corrected chi connectivity index (χ4v) is 1.48. The fourth-order valence-electron chi connectivity index (χ4n) is 1.48. The summed E-state index contributed by atoms with van der Waals surface area (Å²) < 4.78 is 10.3. The van der Waals surface area contributed by atoms with E-state index in [1.54, 1.807) is 19.9 Å². The Morgan fingerprint density at radius 3 is 2.58 bits per heavy atom. The van der Waals surface area contributed by atoms with Gasteiger partial charge in [0.2, 0.25) is 5.60 Å². The first-order chi connectivity index (χ1) is 8.77. The van der Waals surface area contributed by atoms with Gasteiger partial charge in [-0.1, -0.05) is 6.07 Å². The Balaban J connectivity index is 3.07. The zero-order chi connectivity index (χ0) is 14.6. The molecule has 0 aliphatic heterocycles. The van der Waals surface area contributed by atoms with Crippen LogP contribution < -0.4 is 4.74 Å². The molecule has 6 heteroatoms. The molecule has 6 nitrogen and oxygen atoms in total. The van der Waals surface area contributed by atoms with E-state index < -0.39 is 16.5 Å². The molecule has 19 heavy (non-hydrogen) atoms. The summed E-state index contributed by atoms with van der Waals surface area (Å²) in [5.41, 5.74) is -0.655. The van der Waals surface area contributed by atoms with Crippen molar-refractivity contribution in [2.75, 3.05) is 6.61 Å². The van der Waals surface area contributed by atoms with Crippen LogP contribution in [0.25, 0.3) is 0 Å². The van der Waals surface area contributed by atoms with Gasteiger partial charge < -0.3 is 9.47 Å². The third-order valence-corrected chi connectivity index (χ3v) is 2.44. The van der Waals surface area contributed by atoms with Gasteiger partial charge in [-0.2, -0.15) is 0 Å². The number of ether oxygens (including phenoxy) is 2. The molecule has 0 N–H and O–H groups in total. The van der Waals surface area contributed by atoms with Crippen LogP contribution in [0.5, 0.6) is 5.75 Å². The molecule has 0 bridgehead atoms. The second kappa shape index (κ2) is 5.69. The van der Waals surface area contributed by atoms with Crippen molar-refractivity contribution in [2.45, 2.75) is 33.3 Å². The van der Waals surface area contributed by atoms with Crippen molar-refractivity contribution in [2.24, 2.45) is 0 Å². The Labute approximate surface area is 111 Å². The molecule has 1 rings (SSSR count). The number of nitrogens with zero attached hydrogens (tertiary/aromatic N) is 1. The lowest BCUT2D eigenvalue weighted by molar-refractivity contribution is -0.386. The molecule has 0 unspecified atom stereocenters. The van der Waals surface area contributed by atoms with E-state index in [0.717, 1.165) is 5.56 Å². The lowest BCUT2D eigenvalue weighted by atomic mass is 10.1. The normalized spacial score (nSPS) is 10.9.